The lowest BCUT2D eigenvalue weighted by Crippen LogP contribution is -2.42. The van der Waals surface area contributed by atoms with Gasteiger partial charge in [0, 0.05) is 37.6 Å². The van der Waals surface area contributed by atoms with Gasteiger partial charge in [-0.3, -0.25) is 19.1 Å². The molecule has 4 aliphatic rings. The van der Waals surface area contributed by atoms with Crippen LogP contribution in [0.3, 0.4) is 0 Å². The van der Waals surface area contributed by atoms with E-state index in [9.17, 15) is 14.7 Å². The first-order valence-electron chi connectivity index (χ1n) is 13.9. The summed E-state index contributed by atoms with van der Waals surface area (Å²) in [5, 5.41) is 9.24. The molecule has 188 valence electrons. The van der Waals surface area contributed by atoms with Gasteiger partial charge in [0.1, 0.15) is 0 Å². The molecule has 1 aliphatic carbocycles. The summed E-state index contributed by atoms with van der Waals surface area (Å²) in [5.74, 6) is -0.181. The second-order valence-corrected chi connectivity index (χ2v) is 11.3. The Labute approximate surface area is 207 Å². The topological polar surface area (TPSA) is 78.7 Å². The highest BCUT2D eigenvalue weighted by Crippen LogP contribution is 2.47. The molecule has 6 rings (SSSR count). The Morgan fingerprint density at radius 2 is 1.71 bits per heavy atom. The number of fused-ring (bicyclic) bond motifs is 3. The number of carbonyl (C=O) groups is 1. The summed E-state index contributed by atoms with van der Waals surface area (Å²) in [4.78, 5) is 35.0. The van der Waals surface area contributed by atoms with Gasteiger partial charge in [0.15, 0.2) is 5.82 Å². The predicted molar refractivity (Wildman–Crippen MR) is 137 cm³/mol. The van der Waals surface area contributed by atoms with Crippen molar-refractivity contribution in [2.75, 3.05) is 18.0 Å². The van der Waals surface area contributed by atoms with Crippen molar-refractivity contribution in [2.45, 2.75) is 101 Å². The highest BCUT2D eigenvalue weighted by molar-refractivity contribution is 5.76. The number of carboxylic acid groups (broad SMARTS) is 1. The second-order valence-electron chi connectivity index (χ2n) is 11.3. The van der Waals surface area contributed by atoms with Crippen LogP contribution in [0.15, 0.2) is 29.1 Å². The number of benzene rings is 1. The largest absolute Gasteiger partial charge is 0.481 e. The molecule has 7 nitrogen and oxygen atoms in total. The van der Waals surface area contributed by atoms with Crippen LogP contribution in [0.1, 0.15) is 83.1 Å². The Bertz CT molecular complexity index is 1140. The van der Waals surface area contributed by atoms with Crippen molar-refractivity contribution in [3.05, 3.63) is 34.6 Å². The molecule has 1 saturated carbocycles. The highest BCUT2D eigenvalue weighted by Gasteiger charge is 2.50. The number of para-hydroxylation sites is 2. The summed E-state index contributed by atoms with van der Waals surface area (Å²) in [6.45, 7) is 1.29. The van der Waals surface area contributed by atoms with Crippen molar-refractivity contribution in [1.82, 2.24) is 14.5 Å². The van der Waals surface area contributed by atoms with E-state index in [1.807, 2.05) is 23.1 Å². The van der Waals surface area contributed by atoms with Crippen LogP contribution < -0.4 is 10.5 Å². The highest BCUT2D eigenvalue weighted by atomic mass is 16.4. The van der Waals surface area contributed by atoms with E-state index in [-0.39, 0.29) is 23.9 Å². The van der Waals surface area contributed by atoms with Crippen molar-refractivity contribution < 1.29 is 9.90 Å². The third-order valence-electron chi connectivity index (χ3n) is 9.21. The van der Waals surface area contributed by atoms with E-state index in [0.717, 1.165) is 23.9 Å². The number of rotatable bonds is 5. The minimum absolute atomic E-state index is 0.00911. The molecule has 0 amide bonds. The first-order chi connectivity index (χ1) is 17.1. The molecule has 4 heterocycles. The average molecular weight is 479 g/mol. The van der Waals surface area contributed by atoms with Crippen LogP contribution >= 0.6 is 0 Å². The fourth-order valence-electron chi connectivity index (χ4n) is 7.69. The molecule has 1 aromatic carbocycles. The predicted octanol–water partition coefficient (Wildman–Crippen LogP) is 4.59. The third-order valence-corrected chi connectivity index (χ3v) is 9.21. The lowest BCUT2D eigenvalue weighted by atomic mass is 9.94. The fourth-order valence-corrected chi connectivity index (χ4v) is 7.69. The lowest BCUT2D eigenvalue weighted by Gasteiger charge is -2.34. The molecule has 2 bridgehead atoms. The maximum atomic E-state index is 14.1. The number of aliphatic carboxylic acids is 1. The van der Waals surface area contributed by atoms with Crippen molar-refractivity contribution in [2.24, 2.45) is 5.92 Å². The molecule has 3 aliphatic heterocycles. The number of nitrogens with zero attached hydrogens (tertiary/aromatic N) is 4. The number of anilines is 1. The summed E-state index contributed by atoms with van der Waals surface area (Å²) in [7, 11) is 0. The zero-order chi connectivity index (χ0) is 23.9. The minimum Gasteiger partial charge on any atom is -0.481 e. The quantitative estimate of drug-likeness (QED) is 0.677. The molecule has 7 heteroatoms. The van der Waals surface area contributed by atoms with E-state index >= 15 is 0 Å². The molecule has 1 aromatic heterocycles. The Hall–Kier alpha value is -2.41. The number of carboxylic acids is 1. The van der Waals surface area contributed by atoms with Gasteiger partial charge < -0.3 is 10.0 Å². The molecule has 4 atom stereocenters. The summed E-state index contributed by atoms with van der Waals surface area (Å²) in [6.07, 6.45) is 13.8. The lowest BCUT2D eigenvalue weighted by molar-refractivity contribution is -0.137. The molecule has 3 saturated heterocycles. The van der Waals surface area contributed by atoms with E-state index in [1.54, 1.807) is 0 Å². The van der Waals surface area contributed by atoms with Gasteiger partial charge in [0.2, 0.25) is 0 Å². The van der Waals surface area contributed by atoms with Crippen molar-refractivity contribution in [3.8, 4) is 0 Å². The Morgan fingerprint density at radius 3 is 2.51 bits per heavy atom. The van der Waals surface area contributed by atoms with Crippen LogP contribution in [-0.2, 0) is 4.79 Å². The van der Waals surface area contributed by atoms with Crippen molar-refractivity contribution in [1.29, 1.82) is 0 Å². The van der Waals surface area contributed by atoms with E-state index in [2.05, 4.69) is 15.5 Å². The van der Waals surface area contributed by atoms with Crippen molar-refractivity contribution >= 4 is 22.8 Å². The van der Waals surface area contributed by atoms with E-state index in [4.69, 9.17) is 4.98 Å². The summed E-state index contributed by atoms with van der Waals surface area (Å²) in [5.41, 5.74) is 1.82. The zero-order valence-corrected chi connectivity index (χ0v) is 20.6. The first kappa shape index (κ1) is 23.0. The van der Waals surface area contributed by atoms with Crippen LogP contribution in [0.5, 0.6) is 0 Å². The molecule has 4 fully saturated rings. The first-order valence-corrected chi connectivity index (χ1v) is 13.9. The third kappa shape index (κ3) is 4.26. The Kier molecular flexibility index (Phi) is 6.29. The Morgan fingerprint density at radius 1 is 0.943 bits per heavy atom. The van der Waals surface area contributed by atoms with Gasteiger partial charge in [-0.25, -0.2) is 4.98 Å². The molecule has 35 heavy (non-hydrogen) atoms. The van der Waals surface area contributed by atoms with Crippen LogP contribution in [0.25, 0.3) is 11.0 Å². The van der Waals surface area contributed by atoms with Gasteiger partial charge in [-0.15, -0.1) is 0 Å². The molecule has 2 aromatic rings. The van der Waals surface area contributed by atoms with Gasteiger partial charge in [0.05, 0.1) is 17.1 Å². The van der Waals surface area contributed by atoms with Gasteiger partial charge in [-0.2, -0.15) is 0 Å². The number of aromatic nitrogens is 2. The maximum Gasteiger partial charge on any atom is 0.303 e. The van der Waals surface area contributed by atoms with E-state index in [1.165, 1.54) is 57.8 Å². The summed E-state index contributed by atoms with van der Waals surface area (Å²) in [6, 6.07) is 9.94. The molecule has 0 radical (unpaired) electrons. The van der Waals surface area contributed by atoms with E-state index in [0.29, 0.717) is 37.0 Å². The van der Waals surface area contributed by atoms with Gasteiger partial charge >= 0.3 is 5.97 Å². The van der Waals surface area contributed by atoms with Crippen LogP contribution in [0, 0.1) is 5.92 Å². The standard InChI is InChI=1S/C28H38N4O3/c33-26(34)16-19-14-15-30(18-19)27-28(35)32(23-11-7-6-10-22(23)29-27)25-17-21-12-13-24(25)31(21)20-8-4-2-1-3-5-9-20/h6-7,10-11,19-21,24-25H,1-5,8-9,12-18H2,(H,33,34)/t19?,21-,24?,25+/m0/s1. The van der Waals surface area contributed by atoms with Crippen LogP contribution in [0.4, 0.5) is 5.82 Å². The summed E-state index contributed by atoms with van der Waals surface area (Å²) < 4.78 is 2.09. The summed E-state index contributed by atoms with van der Waals surface area (Å²) >= 11 is 0. The monoisotopic (exact) mass is 478 g/mol. The smallest absolute Gasteiger partial charge is 0.303 e. The van der Waals surface area contributed by atoms with Gasteiger partial charge in [-0.1, -0.05) is 44.2 Å². The maximum absolute atomic E-state index is 14.1. The molecule has 0 spiro atoms. The van der Waals surface area contributed by atoms with Gasteiger partial charge in [-0.05, 0) is 56.6 Å². The van der Waals surface area contributed by atoms with Crippen LogP contribution in [0.2, 0.25) is 0 Å². The zero-order valence-electron chi connectivity index (χ0n) is 20.6. The molecule has 2 unspecified atom stereocenters. The number of hydrogen-bond acceptors (Lipinski definition) is 5. The SMILES string of the molecule is O=C(O)CC1CCN(c2nc3ccccc3n([C@@H]3C[C@@H]4CCC3N4C3CCCCCCC3)c2=O)C1. The average Bonchev–Trinajstić information content (AvgIpc) is 3.53. The molecular formula is C28H38N4O3. The van der Waals surface area contributed by atoms with Crippen LogP contribution in [-0.4, -0.2) is 56.7 Å². The normalized spacial score (nSPS) is 30.1. The molecular weight excluding hydrogens is 440 g/mol. The number of hydrogen-bond donors (Lipinski definition) is 1. The Balaban J connectivity index is 1.35. The fraction of sp³-hybridized carbons (Fsp3) is 0.679. The molecule has 1 N–H and O–H groups in total. The van der Waals surface area contributed by atoms with E-state index < -0.39 is 5.97 Å². The minimum atomic E-state index is -0.767. The second kappa shape index (κ2) is 9.57. The van der Waals surface area contributed by atoms with Gasteiger partial charge in [0.25, 0.3) is 5.56 Å². The van der Waals surface area contributed by atoms with Crippen molar-refractivity contribution in [3.63, 3.8) is 0 Å².